The molecule has 2 bridgehead atoms. The van der Waals surface area contributed by atoms with Crippen LogP contribution < -0.4 is 0 Å². The smallest absolute Gasteiger partial charge is 0.319 e. The number of aromatic amines is 1. The van der Waals surface area contributed by atoms with Crippen molar-refractivity contribution in [2.24, 2.45) is 5.92 Å². The van der Waals surface area contributed by atoms with E-state index in [2.05, 4.69) is 15.4 Å². The first-order valence-corrected chi connectivity index (χ1v) is 8.60. The van der Waals surface area contributed by atoms with Gasteiger partial charge in [-0.3, -0.25) is 4.79 Å². The summed E-state index contributed by atoms with van der Waals surface area (Å²) < 4.78 is 0. The maximum atomic E-state index is 13.1. The fraction of sp³-hybridized carbons (Fsp3) is 0.529. The molecule has 8 nitrogen and oxygen atoms in total. The molecule has 3 fully saturated rings. The van der Waals surface area contributed by atoms with E-state index in [1.807, 2.05) is 15.9 Å². The number of fused-ring (bicyclic) bond motifs is 5. The number of hydrogen-bond donors (Lipinski definition) is 1. The fourth-order valence-corrected chi connectivity index (χ4v) is 3.91. The van der Waals surface area contributed by atoms with Crippen LogP contribution in [-0.4, -0.2) is 81.8 Å². The Morgan fingerprint density at radius 2 is 1.92 bits per heavy atom. The highest BCUT2D eigenvalue weighted by Gasteiger charge is 2.39. The second-order valence-corrected chi connectivity index (χ2v) is 7.16. The van der Waals surface area contributed by atoms with Crippen LogP contribution in [-0.2, 0) is 0 Å². The van der Waals surface area contributed by atoms with Gasteiger partial charge in [0.05, 0.1) is 0 Å². The molecule has 3 amide bonds. The van der Waals surface area contributed by atoms with Gasteiger partial charge in [-0.2, -0.15) is 15.4 Å². The van der Waals surface area contributed by atoms with E-state index in [4.69, 9.17) is 0 Å². The molecule has 1 aromatic heterocycles. The fourth-order valence-electron chi connectivity index (χ4n) is 3.91. The Bertz CT molecular complexity index is 816. The van der Waals surface area contributed by atoms with Crippen LogP contribution >= 0.6 is 0 Å². The Kier molecular flexibility index (Phi) is 3.82. The van der Waals surface area contributed by atoms with Gasteiger partial charge >= 0.3 is 6.03 Å². The Balaban J connectivity index is 1.58. The van der Waals surface area contributed by atoms with Gasteiger partial charge in [-0.05, 0) is 37.0 Å². The molecule has 3 saturated heterocycles. The average Bonchev–Trinajstić information content (AvgIpc) is 2.89. The zero-order valence-corrected chi connectivity index (χ0v) is 14.5. The topological polar surface area (TPSA) is 85.4 Å². The van der Waals surface area contributed by atoms with E-state index in [1.165, 1.54) is 0 Å². The molecule has 2 aromatic rings. The molecule has 1 aromatic carbocycles. The summed E-state index contributed by atoms with van der Waals surface area (Å²) in [5.41, 5.74) is 2.06. The van der Waals surface area contributed by atoms with Crippen LogP contribution in [0.5, 0.6) is 0 Å². The van der Waals surface area contributed by atoms with Crippen molar-refractivity contribution < 1.29 is 9.59 Å². The van der Waals surface area contributed by atoms with Crippen molar-refractivity contribution in [2.45, 2.75) is 18.9 Å². The molecule has 2 atom stereocenters. The molecule has 4 heterocycles. The highest BCUT2D eigenvalue weighted by Crippen LogP contribution is 2.30. The van der Waals surface area contributed by atoms with Gasteiger partial charge < -0.3 is 14.7 Å². The molecule has 0 unspecified atom stereocenters. The molecule has 3 aliphatic rings. The van der Waals surface area contributed by atoms with Crippen LogP contribution in [0.15, 0.2) is 18.2 Å². The quantitative estimate of drug-likeness (QED) is 0.843. The second kappa shape index (κ2) is 6.02. The Morgan fingerprint density at radius 3 is 2.72 bits per heavy atom. The molecule has 0 saturated carbocycles. The summed E-state index contributed by atoms with van der Waals surface area (Å²) >= 11 is 0. The first-order chi connectivity index (χ1) is 12.0. The van der Waals surface area contributed by atoms with Gasteiger partial charge in [0.15, 0.2) is 0 Å². The summed E-state index contributed by atoms with van der Waals surface area (Å²) in [5, 5.41) is 10.7. The molecule has 0 aliphatic carbocycles. The Hall–Kier alpha value is -2.64. The molecule has 132 valence electrons. The lowest BCUT2D eigenvalue weighted by Gasteiger charge is -2.36. The van der Waals surface area contributed by atoms with Crippen LogP contribution in [0.3, 0.4) is 0 Å². The van der Waals surface area contributed by atoms with Crippen LogP contribution in [0.25, 0.3) is 11.0 Å². The summed E-state index contributed by atoms with van der Waals surface area (Å²) in [5.74, 6) is 0.348. The van der Waals surface area contributed by atoms with E-state index in [-0.39, 0.29) is 18.0 Å². The third kappa shape index (κ3) is 2.81. The number of urea groups is 1. The number of hydrogen-bond acceptors (Lipinski definition) is 4. The van der Waals surface area contributed by atoms with Crippen molar-refractivity contribution >= 4 is 23.0 Å². The van der Waals surface area contributed by atoms with Gasteiger partial charge in [0.25, 0.3) is 5.91 Å². The predicted octanol–water partition coefficient (Wildman–Crippen LogP) is 1.18. The molecule has 0 radical (unpaired) electrons. The largest absolute Gasteiger partial charge is 0.334 e. The number of carbonyl (C=O) groups excluding carboxylic acids is 2. The van der Waals surface area contributed by atoms with Crippen LogP contribution in [0.4, 0.5) is 4.79 Å². The first-order valence-electron chi connectivity index (χ1n) is 8.60. The number of piperidine rings is 1. The maximum Gasteiger partial charge on any atom is 0.319 e. The average molecular weight is 342 g/mol. The molecule has 0 spiro atoms. The van der Waals surface area contributed by atoms with Gasteiger partial charge in [-0.15, -0.1) is 0 Å². The van der Waals surface area contributed by atoms with Crippen molar-refractivity contribution in [2.75, 3.05) is 33.7 Å². The van der Waals surface area contributed by atoms with E-state index < -0.39 is 0 Å². The molecular weight excluding hydrogens is 320 g/mol. The lowest BCUT2D eigenvalue weighted by molar-refractivity contribution is 0.0586. The van der Waals surface area contributed by atoms with Crippen LogP contribution in [0, 0.1) is 5.92 Å². The number of nitrogens with zero attached hydrogens (tertiary/aromatic N) is 5. The van der Waals surface area contributed by atoms with Crippen LogP contribution in [0.1, 0.15) is 23.2 Å². The van der Waals surface area contributed by atoms with Gasteiger partial charge in [-0.25, -0.2) is 4.79 Å². The molecule has 1 N–H and O–H groups in total. The Morgan fingerprint density at radius 1 is 1.12 bits per heavy atom. The number of carbonyl (C=O) groups is 2. The summed E-state index contributed by atoms with van der Waals surface area (Å²) in [6.45, 7) is 2.03. The maximum absolute atomic E-state index is 13.1. The van der Waals surface area contributed by atoms with E-state index >= 15 is 0 Å². The number of aromatic nitrogens is 3. The minimum atomic E-state index is 0.0127. The van der Waals surface area contributed by atoms with Gasteiger partial charge in [0.1, 0.15) is 11.0 Å². The summed E-state index contributed by atoms with van der Waals surface area (Å²) in [6, 6.07) is 5.49. The molecule has 8 heteroatoms. The third-order valence-electron chi connectivity index (χ3n) is 5.19. The molecule has 3 aliphatic heterocycles. The summed E-state index contributed by atoms with van der Waals surface area (Å²) in [6.07, 6.45) is 2.01. The minimum Gasteiger partial charge on any atom is -0.334 e. The highest BCUT2D eigenvalue weighted by molar-refractivity contribution is 5.97. The van der Waals surface area contributed by atoms with Crippen molar-refractivity contribution in [3.8, 4) is 0 Å². The van der Waals surface area contributed by atoms with Crippen molar-refractivity contribution in [3.63, 3.8) is 0 Å². The zero-order chi connectivity index (χ0) is 17.6. The summed E-state index contributed by atoms with van der Waals surface area (Å²) in [7, 11) is 3.54. The standard InChI is InChI=1S/C17H22N6O2/c1-21(2)17(25)22-8-11-3-5-13(10-22)23(9-11)16(24)12-4-6-14-15(7-12)19-20-18-14/h4,6-7,11,13H,3,5,8-10H2,1-2H3,(H,18,19,20)/t11-,13+/m1/s1. The van der Waals surface area contributed by atoms with E-state index in [9.17, 15) is 9.59 Å². The SMILES string of the molecule is CN(C)C(=O)N1C[C@H]2CC[C@@H](C1)N(C(=O)c1ccc3n[nH]nc3c1)C2. The minimum absolute atomic E-state index is 0.0127. The predicted molar refractivity (Wildman–Crippen MR) is 92.1 cm³/mol. The Labute approximate surface area is 145 Å². The number of amides is 3. The van der Waals surface area contributed by atoms with Gasteiger partial charge in [0.2, 0.25) is 0 Å². The number of nitrogens with one attached hydrogen (secondary N) is 1. The van der Waals surface area contributed by atoms with E-state index in [0.717, 1.165) is 24.9 Å². The zero-order valence-electron chi connectivity index (χ0n) is 14.5. The number of benzene rings is 1. The van der Waals surface area contributed by atoms with E-state index in [1.54, 1.807) is 31.1 Å². The van der Waals surface area contributed by atoms with Crippen molar-refractivity contribution in [1.82, 2.24) is 30.1 Å². The van der Waals surface area contributed by atoms with Gasteiger partial charge in [-0.1, -0.05) is 0 Å². The summed E-state index contributed by atoms with van der Waals surface area (Å²) in [4.78, 5) is 30.9. The number of rotatable bonds is 1. The monoisotopic (exact) mass is 342 g/mol. The normalized spacial score (nSPS) is 23.0. The van der Waals surface area contributed by atoms with Crippen molar-refractivity contribution in [3.05, 3.63) is 23.8 Å². The van der Waals surface area contributed by atoms with E-state index in [0.29, 0.717) is 30.1 Å². The second-order valence-electron chi connectivity index (χ2n) is 7.16. The molecular formula is C17H22N6O2. The number of H-pyrrole nitrogens is 1. The molecule has 25 heavy (non-hydrogen) atoms. The lowest BCUT2D eigenvalue weighted by Crippen LogP contribution is -2.48. The lowest BCUT2D eigenvalue weighted by atomic mass is 9.94. The van der Waals surface area contributed by atoms with Gasteiger partial charge in [0, 0.05) is 45.3 Å². The first kappa shape index (κ1) is 15.9. The van der Waals surface area contributed by atoms with Crippen LogP contribution in [0.2, 0.25) is 0 Å². The third-order valence-corrected chi connectivity index (χ3v) is 5.19. The molecule has 5 rings (SSSR count). The highest BCUT2D eigenvalue weighted by atomic mass is 16.2. The van der Waals surface area contributed by atoms with Crippen molar-refractivity contribution in [1.29, 1.82) is 0 Å².